The van der Waals surface area contributed by atoms with Crippen molar-refractivity contribution >= 4 is 21.8 Å². The second kappa shape index (κ2) is 7.31. The predicted octanol–water partition coefficient (Wildman–Crippen LogP) is 0.0137. The Labute approximate surface area is 142 Å². The standard InChI is InChI=1S/C16H23N3O4S/c1-4-17-15(20)11(2)18-16(21)14-9-12-7-5-6-8-13(12)10-19(14)24(3,22)23/h5-8,11,14H,4,9-10H2,1-3H3,(H,17,20)(H,18,21)/t11-,14-/m0/s1. The molecule has 24 heavy (non-hydrogen) atoms. The van der Waals surface area contributed by atoms with Crippen LogP contribution in [0.5, 0.6) is 0 Å². The fourth-order valence-corrected chi connectivity index (χ4v) is 3.78. The number of benzene rings is 1. The van der Waals surface area contributed by atoms with Gasteiger partial charge in [-0.3, -0.25) is 9.59 Å². The lowest BCUT2D eigenvalue weighted by molar-refractivity contribution is -0.130. The molecule has 0 unspecified atom stereocenters. The zero-order chi connectivity index (χ0) is 17.9. The van der Waals surface area contributed by atoms with Gasteiger partial charge >= 0.3 is 0 Å². The van der Waals surface area contributed by atoms with Gasteiger partial charge in [0.2, 0.25) is 21.8 Å². The Balaban J connectivity index is 2.22. The van der Waals surface area contributed by atoms with E-state index in [9.17, 15) is 18.0 Å². The summed E-state index contributed by atoms with van der Waals surface area (Å²) in [6.07, 6.45) is 1.38. The van der Waals surface area contributed by atoms with E-state index >= 15 is 0 Å². The number of carbonyl (C=O) groups excluding carboxylic acids is 2. The van der Waals surface area contributed by atoms with E-state index in [2.05, 4.69) is 10.6 Å². The van der Waals surface area contributed by atoms with Crippen molar-refractivity contribution in [1.29, 1.82) is 0 Å². The summed E-state index contributed by atoms with van der Waals surface area (Å²) in [4.78, 5) is 24.4. The number of carbonyl (C=O) groups is 2. The first-order chi connectivity index (χ1) is 11.2. The Kier molecular flexibility index (Phi) is 5.61. The van der Waals surface area contributed by atoms with Gasteiger partial charge in [-0.2, -0.15) is 4.31 Å². The second-order valence-corrected chi connectivity index (χ2v) is 7.86. The van der Waals surface area contributed by atoms with E-state index in [-0.39, 0.29) is 18.9 Å². The van der Waals surface area contributed by atoms with Crippen LogP contribution in [0.3, 0.4) is 0 Å². The van der Waals surface area contributed by atoms with Crippen LogP contribution in [0.25, 0.3) is 0 Å². The van der Waals surface area contributed by atoms with Crippen LogP contribution in [0.4, 0.5) is 0 Å². The first kappa shape index (κ1) is 18.4. The number of rotatable bonds is 5. The van der Waals surface area contributed by atoms with Gasteiger partial charge in [-0.1, -0.05) is 24.3 Å². The molecule has 0 spiro atoms. The van der Waals surface area contributed by atoms with Crippen molar-refractivity contribution in [2.75, 3.05) is 12.8 Å². The fourth-order valence-electron chi connectivity index (χ4n) is 2.77. The third kappa shape index (κ3) is 4.12. The summed E-state index contributed by atoms with van der Waals surface area (Å²) in [5, 5.41) is 5.24. The molecule has 1 aliphatic heterocycles. The third-order valence-corrected chi connectivity index (χ3v) is 5.27. The van der Waals surface area contributed by atoms with E-state index in [0.717, 1.165) is 17.4 Å². The van der Waals surface area contributed by atoms with Gasteiger partial charge in [0.15, 0.2) is 0 Å². The lowest BCUT2D eigenvalue weighted by atomic mass is 9.95. The maximum Gasteiger partial charge on any atom is 0.242 e. The van der Waals surface area contributed by atoms with E-state index in [4.69, 9.17) is 0 Å². The number of likely N-dealkylation sites (N-methyl/N-ethyl adjacent to an activating group) is 1. The summed E-state index contributed by atoms with van der Waals surface area (Å²) in [6, 6.07) is 5.88. The lowest BCUT2D eigenvalue weighted by Crippen LogP contribution is -2.55. The molecule has 0 bridgehead atoms. The molecule has 132 valence electrons. The van der Waals surface area contributed by atoms with Gasteiger partial charge < -0.3 is 10.6 Å². The summed E-state index contributed by atoms with van der Waals surface area (Å²) in [5.74, 6) is -0.762. The molecular weight excluding hydrogens is 330 g/mol. The maximum absolute atomic E-state index is 12.6. The van der Waals surface area contributed by atoms with E-state index in [1.807, 2.05) is 24.3 Å². The molecule has 8 heteroatoms. The van der Waals surface area contributed by atoms with Gasteiger partial charge in [-0.05, 0) is 31.4 Å². The number of nitrogens with zero attached hydrogens (tertiary/aromatic N) is 1. The molecule has 1 aliphatic rings. The molecule has 0 fully saturated rings. The first-order valence-electron chi connectivity index (χ1n) is 7.85. The van der Waals surface area contributed by atoms with Crippen LogP contribution in [-0.4, -0.2) is 49.4 Å². The van der Waals surface area contributed by atoms with Crippen LogP contribution in [-0.2, 0) is 32.6 Å². The molecule has 2 N–H and O–H groups in total. The van der Waals surface area contributed by atoms with Crippen molar-refractivity contribution in [2.24, 2.45) is 0 Å². The van der Waals surface area contributed by atoms with Crippen LogP contribution >= 0.6 is 0 Å². The van der Waals surface area contributed by atoms with Gasteiger partial charge in [0.25, 0.3) is 0 Å². The lowest BCUT2D eigenvalue weighted by Gasteiger charge is -2.34. The number of amides is 2. The first-order valence-corrected chi connectivity index (χ1v) is 9.70. The van der Waals surface area contributed by atoms with E-state index in [0.29, 0.717) is 6.54 Å². The van der Waals surface area contributed by atoms with Crippen molar-refractivity contribution < 1.29 is 18.0 Å². The number of hydrogen-bond donors (Lipinski definition) is 2. The highest BCUT2D eigenvalue weighted by Gasteiger charge is 2.37. The minimum atomic E-state index is -3.56. The van der Waals surface area contributed by atoms with Crippen molar-refractivity contribution in [1.82, 2.24) is 14.9 Å². The highest BCUT2D eigenvalue weighted by atomic mass is 32.2. The van der Waals surface area contributed by atoms with Crippen molar-refractivity contribution in [3.8, 4) is 0 Å². The Morgan fingerprint density at radius 1 is 1.29 bits per heavy atom. The van der Waals surface area contributed by atoms with Gasteiger partial charge in [-0.15, -0.1) is 0 Å². The zero-order valence-corrected chi connectivity index (χ0v) is 14.9. The normalized spacial score (nSPS) is 19.2. The summed E-state index contributed by atoms with van der Waals surface area (Å²) < 4.78 is 25.4. The minimum Gasteiger partial charge on any atom is -0.355 e. The van der Waals surface area contributed by atoms with Crippen LogP contribution in [0.2, 0.25) is 0 Å². The smallest absolute Gasteiger partial charge is 0.242 e. The Morgan fingerprint density at radius 2 is 1.92 bits per heavy atom. The van der Waals surface area contributed by atoms with Crippen LogP contribution in [0.15, 0.2) is 24.3 Å². The topological polar surface area (TPSA) is 95.6 Å². The molecule has 1 aromatic rings. The fraction of sp³-hybridized carbons (Fsp3) is 0.500. The highest BCUT2D eigenvalue weighted by Crippen LogP contribution is 2.25. The third-order valence-electron chi connectivity index (χ3n) is 4.04. The van der Waals surface area contributed by atoms with Gasteiger partial charge in [0, 0.05) is 13.1 Å². The molecule has 0 saturated carbocycles. The summed E-state index contributed by atoms with van der Waals surface area (Å²) in [6.45, 7) is 3.98. The minimum absolute atomic E-state index is 0.155. The largest absolute Gasteiger partial charge is 0.355 e. The van der Waals surface area contributed by atoms with Crippen molar-refractivity contribution in [3.63, 3.8) is 0 Å². The number of fused-ring (bicyclic) bond motifs is 1. The molecule has 1 heterocycles. The average Bonchev–Trinajstić information content (AvgIpc) is 2.52. The molecule has 0 saturated heterocycles. The Morgan fingerprint density at radius 3 is 2.50 bits per heavy atom. The van der Waals surface area contributed by atoms with E-state index in [1.54, 1.807) is 13.8 Å². The molecule has 1 aromatic carbocycles. The van der Waals surface area contributed by atoms with Crippen LogP contribution < -0.4 is 10.6 Å². The SMILES string of the molecule is CCNC(=O)[C@H](C)NC(=O)[C@@H]1Cc2ccccc2CN1S(C)(=O)=O. The summed E-state index contributed by atoms with van der Waals surface area (Å²) in [7, 11) is -3.56. The Hall–Kier alpha value is -1.93. The van der Waals surface area contributed by atoms with Gasteiger partial charge in [-0.25, -0.2) is 8.42 Å². The zero-order valence-electron chi connectivity index (χ0n) is 14.1. The Bertz CT molecular complexity index is 733. The number of sulfonamides is 1. The van der Waals surface area contributed by atoms with Gasteiger partial charge in [0.05, 0.1) is 6.26 Å². The predicted molar refractivity (Wildman–Crippen MR) is 90.6 cm³/mol. The average molecular weight is 353 g/mol. The second-order valence-electron chi connectivity index (χ2n) is 5.92. The monoisotopic (exact) mass is 353 g/mol. The van der Waals surface area contributed by atoms with Crippen molar-refractivity contribution in [3.05, 3.63) is 35.4 Å². The number of nitrogens with one attached hydrogen (secondary N) is 2. The molecule has 7 nitrogen and oxygen atoms in total. The molecule has 0 radical (unpaired) electrons. The van der Waals surface area contributed by atoms with Crippen LogP contribution in [0.1, 0.15) is 25.0 Å². The van der Waals surface area contributed by atoms with Crippen LogP contribution in [0, 0.1) is 0 Å². The molecule has 2 rings (SSSR count). The number of hydrogen-bond acceptors (Lipinski definition) is 4. The highest BCUT2D eigenvalue weighted by molar-refractivity contribution is 7.88. The molecule has 2 atom stereocenters. The van der Waals surface area contributed by atoms with Crippen molar-refractivity contribution in [2.45, 2.75) is 38.9 Å². The quantitative estimate of drug-likeness (QED) is 0.780. The molecule has 2 amide bonds. The van der Waals surface area contributed by atoms with E-state index < -0.39 is 28.0 Å². The van der Waals surface area contributed by atoms with Gasteiger partial charge in [0.1, 0.15) is 12.1 Å². The maximum atomic E-state index is 12.6. The summed E-state index contributed by atoms with van der Waals surface area (Å²) in [5.41, 5.74) is 1.84. The summed E-state index contributed by atoms with van der Waals surface area (Å²) >= 11 is 0. The van der Waals surface area contributed by atoms with E-state index in [1.165, 1.54) is 4.31 Å². The molecular formula is C16H23N3O4S. The molecule has 0 aromatic heterocycles. The molecule has 0 aliphatic carbocycles.